The molecule has 6 heteroatoms. The Kier molecular flexibility index (Phi) is 4.14. The molecule has 0 spiro atoms. The molecule has 3 rings (SSSR count). The van der Waals surface area contributed by atoms with E-state index in [2.05, 4.69) is 20.7 Å². The zero-order valence-electron chi connectivity index (χ0n) is 13.0. The number of hydrogen-bond acceptors (Lipinski definition) is 4. The molecule has 23 heavy (non-hydrogen) atoms. The van der Waals surface area contributed by atoms with Crippen molar-refractivity contribution in [2.45, 2.75) is 20.4 Å². The predicted molar refractivity (Wildman–Crippen MR) is 87.8 cm³/mol. The van der Waals surface area contributed by atoms with Crippen LogP contribution in [0.1, 0.15) is 11.1 Å². The van der Waals surface area contributed by atoms with Crippen molar-refractivity contribution >= 4 is 11.6 Å². The van der Waals surface area contributed by atoms with Crippen molar-refractivity contribution < 1.29 is 4.79 Å². The molecule has 1 amide bonds. The van der Waals surface area contributed by atoms with Crippen LogP contribution in [0.5, 0.6) is 0 Å². The topological polar surface area (TPSA) is 72.7 Å². The molecule has 0 bridgehead atoms. The van der Waals surface area contributed by atoms with E-state index in [4.69, 9.17) is 0 Å². The first-order valence-corrected chi connectivity index (χ1v) is 7.31. The maximum atomic E-state index is 12.0. The molecule has 0 atom stereocenters. The number of anilines is 1. The van der Waals surface area contributed by atoms with Crippen LogP contribution in [0.4, 0.5) is 5.69 Å². The van der Waals surface area contributed by atoms with E-state index in [1.165, 1.54) is 10.4 Å². The van der Waals surface area contributed by atoms with Gasteiger partial charge in [-0.3, -0.25) is 4.79 Å². The largest absolute Gasteiger partial charge is 0.324 e. The molecule has 1 heterocycles. The van der Waals surface area contributed by atoms with Gasteiger partial charge >= 0.3 is 0 Å². The van der Waals surface area contributed by atoms with Crippen LogP contribution in [-0.4, -0.2) is 26.1 Å². The van der Waals surface area contributed by atoms with Crippen LogP contribution in [0.25, 0.3) is 11.4 Å². The van der Waals surface area contributed by atoms with Crippen LogP contribution in [0.15, 0.2) is 48.5 Å². The number of carbonyl (C=O) groups is 1. The van der Waals surface area contributed by atoms with Crippen molar-refractivity contribution in [3.05, 3.63) is 59.7 Å². The smallest absolute Gasteiger partial charge is 0.248 e. The number of carbonyl (C=O) groups excluding carboxylic acids is 1. The normalized spacial score (nSPS) is 10.5. The molecular weight excluding hydrogens is 290 g/mol. The Labute approximate surface area is 134 Å². The molecule has 0 saturated heterocycles. The summed E-state index contributed by atoms with van der Waals surface area (Å²) >= 11 is 0. The average molecular weight is 307 g/mol. The lowest BCUT2D eigenvalue weighted by atomic mass is 10.1. The Hall–Kier alpha value is -3.02. The molecule has 0 radical (unpaired) electrons. The molecule has 0 unspecified atom stereocenters. The van der Waals surface area contributed by atoms with Crippen LogP contribution < -0.4 is 5.32 Å². The molecule has 0 aliphatic rings. The first-order valence-electron chi connectivity index (χ1n) is 7.31. The minimum atomic E-state index is -0.191. The standard InChI is InChI=1S/C17H17N5O/c1-12-6-8-14(9-7-12)17-19-21-22(20-17)11-16(23)18-15-5-3-4-13(2)10-15/h3-10H,11H2,1-2H3,(H,18,23). The Morgan fingerprint density at radius 1 is 1.09 bits per heavy atom. The van der Waals surface area contributed by atoms with Crippen molar-refractivity contribution in [1.29, 1.82) is 0 Å². The van der Waals surface area contributed by atoms with E-state index >= 15 is 0 Å². The van der Waals surface area contributed by atoms with Gasteiger partial charge in [0.2, 0.25) is 11.7 Å². The van der Waals surface area contributed by atoms with Gasteiger partial charge in [-0.1, -0.05) is 42.0 Å². The lowest BCUT2D eigenvalue weighted by Crippen LogP contribution is -2.20. The monoisotopic (exact) mass is 307 g/mol. The van der Waals surface area contributed by atoms with E-state index in [0.717, 1.165) is 16.8 Å². The van der Waals surface area contributed by atoms with E-state index < -0.39 is 0 Å². The number of nitrogens with zero attached hydrogens (tertiary/aromatic N) is 4. The summed E-state index contributed by atoms with van der Waals surface area (Å²) in [6.45, 7) is 4.01. The van der Waals surface area contributed by atoms with Gasteiger partial charge in [0, 0.05) is 11.3 Å². The molecule has 2 aromatic carbocycles. The summed E-state index contributed by atoms with van der Waals surface area (Å²) in [6, 6.07) is 15.5. The van der Waals surface area contributed by atoms with Gasteiger partial charge in [0.15, 0.2) is 0 Å². The van der Waals surface area contributed by atoms with Gasteiger partial charge in [-0.2, -0.15) is 4.80 Å². The number of benzene rings is 2. The van der Waals surface area contributed by atoms with Gasteiger partial charge in [-0.15, -0.1) is 10.2 Å². The Bertz CT molecular complexity index is 823. The first-order chi connectivity index (χ1) is 11.1. The van der Waals surface area contributed by atoms with Crippen LogP contribution in [0, 0.1) is 13.8 Å². The van der Waals surface area contributed by atoms with Crippen molar-refractivity contribution in [3.8, 4) is 11.4 Å². The zero-order valence-corrected chi connectivity index (χ0v) is 13.0. The predicted octanol–water partition coefficient (Wildman–Crippen LogP) is 2.60. The fraction of sp³-hybridized carbons (Fsp3) is 0.176. The highest BCUT2D eigenvalue weighted by molar-refractivity contribution is 5.90. The molecular formula is C17H17N5O. The number of rotatable bonds is 4. The van der Waals surface area contributed by atoms with Gasteiger partial charge in [0.1, 0.15) is 6.54 Å². The summed E-state index contributed by atoms with van der Waals surface area (Å²) in [5.41, 5.74) is 3.89. The van der Waals surface area contributed by atoms with E-state index in [-0.39, 0.29) is 12.5 Å². The quantitative estimate of drug-likeness (QED) is 0.804. The highest BCUT2D eigenvalue weighted by Crippen LogP contribution is 2.14. The number of amides is 1. The molecule has 0 aliphatic carbocycles. The second-order valence-corrected chi connectivity index (χ2v) is 5.43. The maximum absolute atomic E-state index is 12.0. The average Bonchev–Trinajstić information content (AvgIpc) is 2.96. The van der Waals surface area contributed by atoms with E-state index in [1.807, 2.05) is 62.4 Å². The van der Waals surface area contributed by atoms with Gasteiger partial charge in [0.25, 0.3) is 0 Å². The molecule has 3 aromatic rings. The third-order valence-corrected chi connectivity index (χ3v) is 3.35. The minimum absolute atomic E-state index is 0.0206. The number of nitrogens with one attached hydrogen (secondary N) is 1. The Morgan fingerprint density at radius 3 is 2.61 bits per heavy atom. The Balaban J connectivity index is 1.66. The highest BCUT2D eigenvalue weighted by atomic mass is 16.2. The summed E-state index contributed by atoms with van der Waals surface area (Å²) in [6.07, 6.45) is 0. The SMILES string of the molecule is Cc1ccc(-c2nnn(CC(=O)Nc3cccc(C)c3)n2)cc1. The van der Waals surface area contributed by atoms with E-state index in [9.17, 15) is 4.79 Å². The molecule has 6 nitrogen and oxygen atoms in total. The summed E-state index contributed by atoms with van der Waals surface area (Å²) in [7, 11) is 0. The fourth-order valence-electron chi connectivity index (χ4n) is 2.18. The molecule has 0 saturated carbocycles. The highest BCUT2D eigenvalue weighted by Gasteiger charge is 2.09. The molecule has 0 aliphatic heterocycles. The summed E-state index contributed by atoms with van der Waals surface area (Å²) in [5.74, 6) is 0.316. The lowest BCUT2D eigenvalue weighted by molar-refractivity contribution is -0.117. The van der Waals surface area contributed by atoms with Gasteiger partial charge in [-0.05, 0) is 36.8 Å². The van der Waals surface area contributed by atoms with E-state index in [1.54, 1.807) is 0 Å². The Morgan fingerprint density at radius 2 is 1.87 bits per heavy atom. The third-order valence-electron chi connectivity index (χ3n) is 3.35. The van der Waals surface area contributed by atoms with Crippen LogP contribution in [-0.2, 0) is 11.3 Å². The second-order valence-electron chi connectivity index (χ2n) is 5.43. The first kappa shape index (κ1) is 14.9. The van der Waals surface area contributed by atoms with Gasteiger partial charge in [0.05, 0.1) is 0 Å². The second kappa shape index (κ2) is 6.39. The van der Waals surface area contributed by atoms with Crippen LogP contribution in [0.3, 0.4) is 0 Å². The van der Waals surface area contributed by atoms with Crippen molar-refractivity contribution in [1.82, 2.24) is 20.2 Å². The van der Waals surface area contributed by atoms with Crippen molar-refractivity contribution in [3.63, 3.8) is 0 Å². The maximum Gasteiger partial charge on any atom is 0.248 e. The molecule has 116 valence electrons. The zero-order chi connectivity index (χ0) is 16.2. The van der Waals surface area contributed by atoms with Crippen molar-refractivity contribution in [2.75, 3.05) is 5.32 Å². The van der Waals surface area contributed by atoms with Gasteiger partial charge in [-0.25, -0.2) is 0 Å². The number of aromatic nitrogens is 4. The summed E-state index contributed by atoms with van der Waals surface area (Å²) < 4.78 is 0. The van der Waals surface area contributed by atoms with Crippen LogP contribution in [0.2, 0.25) is 0 Å². The lowest BCUT2D eigenvalue weighted by Gasteiger charge is -2.04. The van der Waals surface area contributed by atoms with Crippen molar-refractivity contribution in [2.24, 2.45) is 0 Å². The fourth-order valence-corrected chi connectivity index (χ4v) is 2.18. The van der Waals surface area contributed by atoms with E-state index in [0.29, 0.717) is 5.82 Å². The molecule has 0 fully saturated rings. The number of aryl methyl sites for hydroxylation is 2. The number of tetrazole rings is 1. The molecule has 1 aromatic heterocycles. The van der Waals surface area contributed by atoms with Crippen LogP contribution >= 0.6 is 0 Å². The molecule has 1 N–H and O–H groups in total. The van der Waals surface area contributed by atoms with Gasteiger partial charge < -0.3 is 5.32 Å². The third kappa shape index (κ3) is 3.79. The minimum Gasteiger partial charge on any atom is -0.324 e. The number of hydrogen-bond donors (Lipinski definition) is 1. The summed E-state index contributed by atoms with van der Waals surface area (Å²) in [4.78, 5) is 13.3. The summed E-state index contributed by atoms with van der Waals surface area (Å²) in [5, 5.41) is 15.0.